The van der Waals surface area contributed by atoms with Gasteiger partial charge in [0.2, 0.25) is 0 Å². The molecule has 1 aromatic carbocycles. The molecule has 0 aromatic heterocycles. The van der Waals surface area contributed by atoms with Crippen LogP contribution in [0.25, 0.3) is 0 Å². The van der Waals surface area contributed by atoms with Crippen molar-refractivity contribution >= 4 is 5.97 Å². The van der Waals surface area contributed by atoms with Gasteiger partial charge in [-0.05, 0) is 31.4 Å². The van der Waals surface area contributed by atoms with Crippen LogP contribution in [0, 0.1) is 0 Å². The van der Waals surface area contributed by atoms with Gasteiger partial charge in [0.25, 0.3) is 0 Å². The first-order valence-corrected chi connectivity index (χ1v) is 6.88. The molecule has 1 aliphatic rings. The lowest BCUT2D eigenvalue weighted by atomic mass is 9.94. The molecule has 2 atom stereocenters. The van der Waals surface area contributed by atoms with E-state index in [9.17, 15) is 9.90 Å². The zero-order chi connectivity index (χ0) is 13.7. The molecule has 2 N–H and O–H groups in total. The molecule has 0 radical (unpaired) electrons. The molecular formula is C15H21NO3. The first-order chi connectivity index (χ1) is 9.24. The lowest BCUT2D eigenvalue weighted by molar-refractivity contribution is -0.145. The van der Waals surface area contributed by atoms with Crippen LogP contribution >= 0.6 is 0 Å². The third kappa shape index (κ3) is 3.33. The number of hydrogen-bond acceptors (Lipinski definition) is 3. The Kier molecular flexibility index (Phi) is 4.93. The van der Waals surface area contributed by atoms with Crippen LogP contribution in [0.15, 0.2) is 30.3 Å². The largest absolute Gasteiger partial charge is 0.480 e. The van der Waals surface area contributed by atoms with Crippen molar-refractivity contribution in [2.24, 2.45) is 0 Å². The Morgan fingerprint density at radius 3 is 2.68 bits per heavy atom. The Morgan fingerprint density at radius 2 is 2.05 bits per heavy atom. The molecule has 0 saturated carbocycles. The molecular weight excluding hydrogens is 242 g/mol. The van der Waals surface area contributed by atoms with Gasteiger partial charge in [-0.25, -0.2) is 0 Å². The van der Waals surface area contributed by atoms with Crippen molar-refractivity contribution in [3.05, 3.63) is 35.9 Å². The van der Waals surface area contributed by atoms with Gasteiger partial charge in [-0.15, -0.1) is 0 Å². The number of nitrogens with zero attached hydrogens (tertiary/aromatic N) is 1. The van der Waals surface area contributed by atoms with E-state index in [-0.39, 0.29) is 12.6 Å². The van der Waals surface area contributed by atoms with Crippen LogP contribution in [-0.2, 0) is 4.79 Å². The summed E-state index contributed by atoms with van der Waals surface area (Å²) in [7, 11) is 0. The summed E-state index contributed by atoms with van der Waals surface area (Å²) in [5.74, 6) is -0.809. The minimum atomic E-state index is -0.809. The number of carboxylic acid groups (broad SMARTS) is 1. The maximum absolute atomic E-state index is 11.6. The van der Waals surface area contributed by atoms with Crippen LogP contribution in [0.3, 0.4) is 0 Å². The van der Waals surface area contributed by atoms with Crippen molar-refractivity contribution in [3.63, 3.8) is 0 Å². The summed E-state index contributed by atoms with van der Waals surface area (Å²) in [4.78, 5) is 13.7. The van der Waals surface area contributed by atoms with Crippen LogP contribution in [-0.4, -0.2) is 40.3 Å². The van der Waals surface area contributed by atoms with Crippen molar-refractivity contribution in [3.8, 4) is 0 Å². The lowest BCUT2D eigenvalue weighted by Crippen LogP contribution is -2.45. The summed E-state index contributed by atoms with van der Waals surface area (Å²) in [6.45, 7) is 0.902. The van der Waals surface area contributed by atoms with E-state index in [0.29, 0.717) is 6.42 Å². The van der Waals surface area contributed by atoms with Crippen molar-refractivity contribution in [1.29, 1.82) is 0 Å². The average Bonchev–Trinajstić information content (AvgIpc) is 2.42. The molecule has 19 heavy (non-hydrogen) atoms. The molecule has 4 heteroatoms. The summed E-state index contributed by atoms with van der Waals surface area (Å²) in [6.07, 6.45) is 3.76. The first kappa shape index (κ1) is 14.0. The maximum atomic E-state index is 11.6. The highest BCUT2D eigenvalue weighted by Crippen LogP contribution is 2.30. The van der Waals surface area contributed by atoms with Gasteiger partial charge in [0.1, 0.15) is 6.04 Å². The molecule has 1 aromatic rings. The summed E-state index contributed by atoms with van der Waals surface area (Å²) in [5.41, 5.74) is 0.819. The van der Waals surface area contributed by atoms with E-state index in [1.54, 1.807) is 0 Å². The van der Waals surface area contributed by atoms with Crippen LogP contribution in [0.2, 0.25) is 0 Å². The smallest absolute Gasteiger partial charge is 0.325 e. The Hall–Kier alpha value is -1.39. The molecule has 0 amide bonds. The topological polar surface area (TPSA) is 60.8 Å². The molecule has 1 aliphatic heterocycles. The van der Waals surface area contributed by atoms with Crippen LogP contribution in [0.4, 0.5) is 0 Å². The fraction of sp³-hybridized carbons (Fsp3) is 0.533. The third-order valence-electron chi connectivity index (χ3n) is 3.82. The van der Waals surface area contributed by atoms with E-state index in [0.717, 1.165) is 31.4 Å². The fourth-order valence-electron chi connectivity index (χ4n) is 2.93. The number of likely N-dealkylation sites (tertiary alicyclic amines) is 1. The number of aliphatic hydroxyl groups excluding tert-OH is 1. The summed E-state index contributed by atoms with van der Waals surface area (Å²) < 4.78 is 0. The fourth-order valence-corrected chi connectivity index (χ4v) is 2.93. The zero-order valence-corrected chi connectivity index (χ0v) is 11.0. The summed E-state index contributed by atoms with van der Waals surface area (Å²) >= 11 is 0. The second-order valence-corrected chi connectivity index (χ2v) is 5.05. The van der Waals surface area contributed by atoms with E-state index in [4.69, 9.17) is 5.11 Å². The standard InChI is InChI=1S/C15H21NO3/c17-11-9-13-8-4-5-10-16(13)14(15(18)19)12-6-2-1-3-7-12/h1-3,6-7,13-14,17H,4-5,8-11H2,(H,18,19). The predicted octanol–water partition coefficient (Wildman–Crippen LogP) is 2.05. The number of piperidine rings is 1. The van der Waals surface area contributed by atoms with Gasteiger partial charge in [0.05, 0.1) is 0 Å². The molecule has 0 aliphatic carbocycles. The molecule has 4 nitrogen and oxygen atoms in total. The Bertz CT molecular complexity index is 405. The monoisotopic (exact) mass is 263 g/mol. The van der Waals surface area contributed by atoms with Gasteiger partial charge in [0, 0.05) is 12.6 Å². The third-order valence-corrected chi connectivity index (χ3v) is 3.82. The van der Waals surface area contributed by atoms with Crippen molar-refractivity contribution < 1.29 is 15.0 Å². The highest BCUT2D eigenvalue weighted by molar-refractivity contribution is 5.75. The summed E-state index contributed by atoms with van der Waals surface area (Å²) in [6, 6.07) is 8.93. The van der Waals surface area contributed by atoms with Gasteiger partial charge in [-0.1, -0.05) is 36.8 Å². The van der Waals surface area contributed by atoms with E-state index >= 15 is 0 Å². The minimum Gasteiger partial charge on any atom is -0.480 e. The molecule has 1 saturated heterocycles. The quantitative estimate of drug-likeness (QED) is 0.853. The van der Waals surface area contributed by atoms with E-state index in [1.165, 1.54) is 0 Å². The second-order valence-electron chi connectivity index (χ2n) is 5.05. The second kappa shape index (κ2) is 6.68. The maximum Gasteiger partial charge on any atom is 0.325 e. The van der Waals surface area contributed by atoms with Gasteiger partial charge in [0.15, 0.2) is 0 Å². The molecule has 0 bridgehead atoms. The van der Waals surface area contributed by atoms with E-state index in [1.807, 2.05) is 35.2 Å². The molecule has 1 fully saturated rings. The molecule has 0 spiro atoms. The van der Waals surface area contributed by atoms with E-state index in [2.05, 4.69) is 0 Å². The number of aliphatic hydroxyl groups is 1. The SMILES string of the molecule is O=C(O)C(c1ccccc1)N1CCCCC1CCO. The van der Waals surface area contributed by atoms with Gasteiger partial charge in [-0.2, -0.15) is 0 Å². The number of hydrogen-bond donors (Lipinski definition) is 2. The Morgan fingerprint density at radius 1 is 1.32 bits per heavy atom. The molecule has 2 rings (SSSR count). The lowest BCUT2D eigenvalue weighted by Gasteiger charge is -2.39. The Labute approximate surface area is 113 Å². The average molecular weight is 263 g/mol. The number of carboxylic acids is 1. The number of benzene rings is 1. The highest BCUT2D eigenvalue weighted by atomic mass is 16.4. The van der Waals surface area contributed by atoms with Crippen molar-refractivity contribution in [2.45, 2.75) is 37.8 Å². The highest BCUT2D eigenvalue weighted by Gasteiger charge is 2.33. The normalized spacial score (nSPS) is 22.1. The van der Waals surface area contributed by atoms with Crippen molar-refractivity contribution in [1.82, 2.24) is 4.90 Å². The van der Waals surface area contributed by atoms with Gasteiger partial charge >= 0.3 is 5.97 Å². The van der Waals surface area contributed by atoms with Crippen molar-refractivity contribution in [2.75, 3.05) is 13.2 Å². The number of aliphatic carboxylic acids is 1. The molecule has 104 valence electrons. The van der Waals surface area contributed by atoms with Crippen LogP contribution in [0.5, 0.6) is 0 Å². The first-order valence-electron chi connectivity index (χ1n) is 6.88. The predicted molar refractivity (Wildman–Crippen MR) is 72.9 cm³/mol. The summed E-state index contributed by atoms with van der Waals surface area (Å²) in [5, 5.41) is 18.7. The molecule has 1 heterocycles. The number of rotatable bonds is 5. The Balaban J connectivity index is 2.24. The molecule has 2 unspecified atom stereocenters. The van der Waals surface area contributed by atoms with Gasteiger partial charge < -0.3 is 10.2 Å². The van der Waals surface area contributed by atoms with Crippen LogP contribution < -0.4 is 0 Å². The zero-order valence-electron chi connectivity index (χ0n) is 11.0. The van der Waals surface area contributed by atoms with Gasteiger partial charge in [-0.3, -0.25) is 9.69 Å². The van der Waals surface area contributed by atoms with Crippen LogP contribution in [0.1, 0.15) is 37.3 Å². The minimum absolute atomic E-state index is 0.113. The van der Waals surface area contributed by atoms with E-state index < -0.39 is 12.0 Å². The number of carbonyl (C=O) groups is 1.